The van der Waals surface area contributed by atoms with Crippen molar-refractivity contribution in [3.63, 3.8) is 0 Å². The molecule has 0 radical (unpaired) electrons. The Kier molecular flexibility index (Phi) is 3.18. The van der Waals surface area contributed by atoms with E-state index >= 15 is 0 Å². The van der Waals surface area contributed by atoms with Gasteiger partial charge in [-0.1, -0.05) is 0 Å². The Morgan fingerprint density at radius 2 is 1.93 bits per heavy atom. The van der Waals surface area contributed by atoms with E-state index in [2.05, 4.69) is 0 Å². The van der Waals surface area contributed by atoms with Gasteiger partial charge in [-0.2, -0.15) is 13.2 Å². The van der Waals surface area contributed by atoms with Gasteiger partial charge in [0.1, 0.15) is 4.88 Å². The van der Waals surface area contributed by atoms with E-state index in [1.54, 1.807) is 22.6 Å². The molecular weight excluding hydrogens is 352 g/mol. The Morgan fingerprint density at radius 1 is 1.43 bits per heavy atom. The standard InChI is InChI=1S/C6H4F3IO2S2/c1-14(11,12)3-2-4(10)13-5(3)6(7,8)9/h2H,1H3. The predicted octanol–water partition coefficient (Wildman–Crippen LogP) is 2.78. The lowest BCUT2D eigenvalue weighted by molar-refractivity contribution is -0.136. The Balaban J connectivity index is 3.46. The van der Waals surface area contributed by atoms with E-state index in [9.17, 15) is 21.6 Å². The quantitative estimate of drug-likeness (QED) is 0.726. The van der Waals surface area contributed by atoms with Gasteiger partial charge in [-0.15, -0.1) is 11.3 Å². The first-order valence-corrected chi connectivity index (χ1v) is 6.97. The topological polar surface area (TPSA) is 34.1 Å². The zero-order chi connectivity index (χ0) is 11.1. The van der Waals surface area contributed by atoms with Crippen molar-refractivity contribution >= 4 is 43.8 Å². The van der Waals surface area contributed by atoms with Crippen LogP contribution in [0.2, 0.25) is 0 Å². The van der Waals surface area contributed by atoms with Crippen molar-refractivity contribution in [2.24, 2.45) is 0 Å². The van der Waals surface area contributed by atoms with Gasteiger partial charge in [-0.3, -0.25) is 0 Å². The number of hydrogen-bond donors (Lipinski definition) is 0. The minimum absolute atomic E-state index is 0.301. The third kappa shape index (κ3) is 2.60. The molecule has 80 valence electrons. The summed E-state index contributed by atoms with van der Waals surface area (Å²) in [5.41, 5.74) is 0. The highest BCUT2D eigenvalue weighted by atomic mass is 127. The molecule has 0 saturated carbocycles. The molecule has 0 fully saturated rings. The minimum atomic E-state index is -4.60. The maximum atomic E-state index is 12.3. The fourth-order valence-corrected chi connectivity index (χ4v) is 4.09. The molecule has 1 heterocycles. The Hall–Kier alpha value is 0.170. The van der Waals surface area contributed by atoms with Gasteiger partial charge in [0.25, 0.3) is 0 Å². The van der Waals surface area contributed by atoms with E-state index in [4.69, 9.17) is 0 Å². The second-order valence-corrected chi connectivity index (χ2v) is 7.44. The van der Waals surface area contributed by atoms with Crippen LogP contribution in [0.4, 0.5) is 13.2 Å². The molecule has 1 aromatic rings. The molecule has 0 aliphatic heterocycles. The average molecular weight is 356 g/mol. The Labute approximate surface area is 96.2 Å². The van der Waals surface area contributed by atoms with Crippen LogP contribution in [0.3, 0.4) is 0 Å². The minimum Gasteiger partial charge on any atom is -0.224 e. The molecule has 0 N–H and O–H groups in total. The number of hydrogen-bond acceptors (Lipinski definition) is 3. The molecule has 0 atom stereocenters. The fraction of sp³-hybridized carbons (Fsp3) is 0.333. The molecule has 0 spiro atoms. The van der Waals surface area contributed by atoms with Crippen LogP contribution in [0.25, 0.3) is 0 Å². The molecule has 1 rings (SSSR count). The number of halogens is 4. The highest BCUT2D eigenvalue weighted by Gasteiger charge is 2.38. The van der Waals surface area contributed by atoms with Gasteiger partial charge in [-0.25, -0.2) is 8.42 Å². The van der Waals surface area contributed by atoms with E-state index in [-0.39, 0.29) is 0 Å². The third-order valence-corrected chi connectivity index (χ3v) is 4.52. The largest absolute Gasteiger partial charge is 0.426 e. The number of alkyl halides is 3. The van der Waals surface area contributed by atoms with Crippen LogP contribution in [0.1, 0.15) is 4.88 Å². The van der Waals surface area contributed by atoms with E-state index < -0.39 is 25.8 Å². The summed E-state index contributed by atoms with van der Waals surface area (Å²) in [7, 11) is -3.81. The molecule has 0 aliphatic rings. The van der Waals surface area contributed by atoms with Crippen molar-refractivity contribution in [1.29, 1.82) is 0 Å². The predicted molar refractivity (Wildman–Crippen MR) is 55.1 cm³/mol. The SMILES string of the molecule is CS(=O)(=O)c1cc(I)sc1C(F)(F)F. The van der Waals surface area contributed by atoms with Crippen molar-refractivity contribution in [3.05, 3.63) is 13.8 Å². The Morgan fingerprint density at radius 3 is 2.21 bits per heavy atom. The summed E-state index contributed by atoms with van der Waals surface area (Å²) in [6.07, 6.45) is -3.84. The normalized spacial score (nSPS) is 13.2. The molecule has 8 heteroatoms. The third-order valence-electron chi connectivity index (χ3n) is 1.32. The lowest BCUT2D eigenvalue weighted by atomic mass is 10.5. The van der Waals surface area contributed by atoms with Crippen molar-refractivity contribution in [3.8, 4) is 0 Å². The van der Waals surface area contributed by atoms with Crippen LogP contribution in [0.15, 0.2) is 11.0 Å². The van der Waals surface area contributed by atoms with Crippen LogP contribution in [-0.4, -0.2) is 14.7 Å². The molecule has 0 unspecified atom stereocenters. The highest BCUT2D eigenvalue weighted by Crippen LogP contribution is 2.40. The maximum absolute atomic E-state index is 12.3. The maximum Gasteiger partial charge on any atom is 0.426 e. The second-order valence-electron chi connectivity index (χ2n) is 2.51. The van der Waals surface area contributed by atoms with Gasteiger partial charge in [0.05, 0.1) is 7.78 Å². The summed E-state index contributed by atoms with van der Waals surface area (Å²) in [5.74, 6) is 0. The summed E-state index contributed by atoms with van der Waals surface area (Å²) < 4.78 is 59.3. The van der Waals surface area contributed by atoms with Crippen LogP contribution < -0.4 is 0 Å². The average Bonchev–Trinajstić information content (AvgIpc) is 2.27. The smallest absolute Gasteiger partial charge is 0.224 e. The van der Waals surface area contributed by atoms with Crippen molar-refractivity contribution in [1.82, 2.24) is 0 Å². The van der Waals surface area contributed by atoms with Gasteiger partial charge in [-0.05, 0) is 28.7 Å². The monoisotopic (exact) mass is 356 g/mol. The van der Waals surface area contributed by atoms with Crippen LogP contribution >= 0.6 is 33.9 Å². The lowest BCUT2D eigenvalue weighted by Gasteiger charge is -2.05. The Bertz CT molecular complexity index is 446. The summed E-state index contributed by atoms with van der Waals surface area (Å²) in [6, 6.07) is 1.03. The summed E-state index contributed by atoms with van der Waals surface area (Å²) >= 11 is 2.09. The molecule has 14 heavy (non-hydrogen) atoms. The molecule has 0 amide bonds. The molecule has 2 nitrogen and oxygen atoms in total. The molecular formula is C6H4F3IO2S2. The van der Waals surface area contributed by atoms with Gasteiger partial charge >= 0.3 is 6.18 Å². The van der Waals surface area contributed by atoms with Crippen LogP contribution in [0.5, 0.6) is 0 Å². The zero-order valence-corrected chi connectivity index (χ0v) is 10.5. The molecule has 0 aromatic carbocycles. The van der Waals surface area contributed by atoms with Crippen LogP contribution in [0, 0.1) is 2.88 Å². The first-order valence-electron chi connectivity index (χ1n) is 3.19. The van der Waals surface area contributed by atoms with Gasteiger partial charge < -0.3 is 0 Å². The van der Waals surface area contributed by atoms with Gasteiger partial charge in [0.2, 0.25) is 0 Å². The molecule has 0 saturated heterocycles. The first kappa shape index (κ1) is 12.2. The number of thiophene rings is 1. The van der Waals surface area contributed by atoms with Crippen LogP contribution in [-0.2, 0) is 16.0 Å². The van der Waals surface area contributed by atoms with Crippen molar-refractivity contribution in [2.45, 2.75) is 11.1 Å². The van der Waals surface area contributed by atoms with Gasteiger partial charge in [0.15, 0.2) is 9.84 Å². The summed E-state index contributed by atoms with van der Waals surface area (Å²) in [4.78, 5) is -1.69. The zero-order valence-electron chi connectivity index (χ0n) is 6.72. The highest BCUT2D eigenvalue weighted by molar-refractivity contribution is 14.1. The second kappa shape index (κ2) is 3.63. The number of sulfone groups is 1. The van der Waals surface area contributed by atoms with Crippen molar-refractivity contribution < 1.29 is 21.6 Å². The molecule has 0 aliphatic carbocycles. The first-order chi connectivity index (χ1) is 6.12. The van der Waals surface area contributed by atoms with Crippen molar-refractivity contribution in [2.75, 3.05) is 6.26 Å². The lowest BCUT2D eigenvalue weighted by Crippen LogP contribution is -2.08. The fourth-order valence-electron chi connectivity index (χ4n) is 0.819. The van der Waals surface area contributed by atoms with Gasteiger partial charge in [0, 0.05) is 6.26 Å². The van der Waals surface area contributed by atoms with E-state index in [0.717, 1.165) is 12.3 Å². The summed E-state index contributed by atoms with van der Waals surface area (Å²) in [6.45, 7) is 0. The van der Waals surface area contributed by atoms with E-state index in [1.807, 2.05) is 0 Å². The van der Waals surface area contributed by atoms with E-state index in [0.29, 0.717) is 14.2 Å². The molecule has 0 bridgehead atoms. The summed E-state index contributed by atoms with van der Waals surface area (Å²) in [5, 5.41) is 0. The van der Waals surface area contributed by atoms with E-state index in [1.165, 1.54) is 0 Å². The number of rotatable bonds is 1. The molecule has 1 aromatic heterocycles.